The molecule has 0 saturated carbocycles. The average Bonchev–Trinajstić information content (AvgIpc) is 2.27. The molecule has 15 heavy (non-hydrogen) atoms. The maximum atomic E-state index is 11.9. The molecule has 0 aromatic carbocycles. The molecule has 2 unspecified atom stereocenters. The molecule has 1 aliphatic rings. The highest BCUT2D eigenvalue weighted by atomic mass is 16.2. The Kier molecular flexibility index (Phi) is 4.54. The number of nitrogens with two attached hydrogens (primary N) is 1. The van der Waals surface area contributed by atoms with Gasteiger partial charge in [0.25, 0.3) is 0 Å². The molecule has 1 saturated heterocycles. The molecule has 0 aromatic rings. The van der Waals surface area contributed by atoms with E-state index in [4.69, 9.17) is 5.73 Å². The summed E-state index contributed by atoms with van der Waals surface area (Å²) in [5.74, 6) is 0.176. The number of rotatable bonds is 3. The molecule has 1 aliphatic heterocycles. The molecule has 1 rings (SSSR count). The molecule has 0 radical (unpaired) electrons. The van der Waals surface area contributed by atoms with Crippen molar-refractivity contribution in [2.45, 2.75) is 26.3 Å². The predicted molar refractivity (Wildman–Crippen MR) is 61.5 cm³/mol. The van der Waals surface area contributed by atoms with Gasteiger partial charge in [-0.1, -0.05) is 13.8 Å². The van der Waals surface area contributed by atoms with Crippen molar-refractivity contribution in [3.8, 4) is 0 Å². The van der Waals surface area contributed by atoms with Gasteiger partial charge in [0.1, 0.15) is 0 Å². The number of likely N-dealkylation sites (N-methyl/N-ethyl adjacent to an activating group) is 1. The first-order valence-electron chi connectivity index (χ1n) is 5.79. The van der Waals surface area contributed by atoms with Crippen molar-refractivity contribution in [2.24, 2.45) is 11.7 Å². The van der Waals surface area contributed by atoms with Crippen LogP contribution < -0.4 is 5.73 Å². The molecule has 0 aliphatic carbocycles. The Morgan fingerprint density at radius 1 is 1.53 bits per heavy atom. The zero-order valence-corrected chi connectivity index (χ0v) is 10.1. The van der Waals surface area contributed by atoms with E-state index in [9.17, 15) is 4.79 Å². The highest BCUT2D eigenvalue weighted by Crippen LogP contribution is 2.12. The molecule has 2 atom stereocenters. The highest BCUT2D eigenvalue weighted by molar-refractivity contribution is 5.78. The topological polar surface area (TPSA) is 49.6 Å². The van der Waals surface area contributed by atoms with Gasteiger partial charge >= 0.3 is 0 Å². The smallest absolute Gasteiger partial charge is 0.226 e. The molecule has 1 amide bonds. The monoisotopic (exact) mass is 213 g/mol. The predicted octanol–water partition coefficient (Wildman–Crippen LogP) is 0.134. The number of carbonyl (C=O) groups is 1. The lowest BCUT2D eigenvalue weighted by molar-refractivity contribution is -0.137. The number of hydrogen-bond donors (Lipinski definition) is 1. The van der Waals surface area contributed by atoms with Gasteiger partial charge in [-0.2, -0.15) is 0 Å². The molecule has 0 bridgehead atoms. The molecular weight excluding hydrogens is 190 g/mol. The number of piperazine rings is 1. The van der Waals surface area contributed by atoms with E-state index >= 15 is 0 Å². The third kappa shape index (κ3) is 2.92. The zero-order chi connectivity index (χ0) is 11.4. The first-order chi connectivity index (χ1) is 7.10. The van der Waals surface area contributed by atoms with Crippen molar-refractivity contribution in [2.75, 3.05) is 33.2 Å². The summed E-state index contributed by atoms with van der Waals surface area (Å²) in [6, 6.07) is 0.507. The lowest BCUT2D eigenvalue weighted by Crippen LogP contribution is -2.54. The minimum Gasteiger partial charge on any atom is -0.340 e. The molecule has 1 fully saturated rings. The van der Waals surface area contributed by atoms with Crippen LogP contribution in [0.2, 0.25) is 0 Å². The van der Waals surface area contributed by atoms with Crippen LogP contribution in [-0.4, -0.2) is 55.0 Å². The Balaban J connectivity index is 2.54. The van der Waals surface area contributed by atoms with Crippen LogP contribution >= 0.6 is 0 Å². The Labute approximate surface area is 92.4 Å². The third-order valence-corrected chi connectivity index (χ3v) is 3.34. The largest absolute Gasteiger partial charge is 0.340 e. The molecule has 2 N–H and O–H groups in total. The van der Waals surface area contributed by atoms with E-state index in [0.29, 0.717) is 12.6 Å². The number of amides is 1. The molecule has 4 heteroatoms. The second-order valence-electron chi connectivity index (χ2n) is 4.46. The van der Waals surface area contributed by atoms with Crippen LogP contribution in [0.25, 0.3) is 0 Å². The minimum absolute atomic E-state index is 0.0362. The summed E-state index contributed by atoms with van der Waals surface area (Å²) in [5.41, 5.74) is 5.52. The number of nitrogens with zero attached hydrogens (tertiary/aromatic N) is 2. The van der Waals surface area contributed by atoms with Gasteiger partial charge in [0.15, 0.2) is 0 Å². The van der Waals surface area contributed by atoms with Crippen molar-refractivity contribution < 1.29 is 4.79 Å². The van der Waals surface area contributed by atoms with Crippen molar-refractivity contribution in [3.63, 3.8) is 0 Å². The van der Waals surface area contributed by atoms with Gasteiger partial charge in [-0.3, -0.25) is 9.69 Å². The Bertz CT molecular complexity index is 220. The quantitative estimate of drug-likeness (QED) is 0.725. The van der Waals surface area contributed by atoms with Gasteiger partial charge in [0.2, 0.25) is 5.91 Å². The van der Waals surface area contributed by atoms with E-state index in [1.165, 1.54) is 0 Å². The second-order valence-corrected chi connectivity index (χ2v) is 4.46. The van der Waals surface area contributed by atoms with Crippen LogP contribution in [0.3, 0.4) is 0 Å². The summed E-state index contributed by atoms with van der Waals surface area (Å²) >= 11 is 0. The van der Waals surface area contributed by atoms with Crippen molar-refractivity contribution >= 4 is 5.91 Å². The average molecular weight is 213 g/mol. The molecular formula is C11H23N3O. The minimum atomic E-state index is -0.0362. The fraction of sp³-hybridized carbons (Fsp3) is 0.909. The van der Waals surface area contributed by atoms with Gasteiger partial charge < -0.3 is 10.6 Å². The van der Waals surface area contributed by atoms with Crippen LogP contribution in [0.5, 0.6) is 0 Å². The summed E-state index contributed by atoms with van der Waals surface area (Å²) in [6.07, 6.45) is 1.09. The number of hydrogen-bond acceptors (Lipinski definition) is 3. The fourth-order valence-electron chi connectivity index (χ4n) is 2.00. The summed E-state index contributed by atoms with van der Waals surface area (Å²) in [5, 5.41) is 0. The molecule has 4 nitrogen and oxygen atoms in total. The Morgan fingerprint density at radius 2 is 2.20 bits per heavy atom. The van der Waals surface area contributed by atoms with Crippen LogP contribution in [0.1, 0.15) is 20.3 Å². The van der Waals surface area contributed by atoms with E-state index in [1.54, 1.807) is 0 Å². The third-order valence-electron chi connectivity index (χ3n) is 3.34. The highest BCUT2D eigenvalue weighted by Gasteiger charge is 2.27. The van der Waals surface area contributed by atoms with Crippen LogP contribution in [-0.2, 0) is 4.79 Å². The number of carbonyl (C=O) groups excluding carboxylic acids is 1. The maximum Gasteiger partial charge on any atom is 0.226 e. The molecule has 88 valence electrons. The van der Waals surface area contributed by atoms with Crippen molar-refractivity contribution in [3.05, 3.63) is 0 Å². The van der Waals surface area contributed by atoms with Gasteiger partial charge in [0.05, 0.1) is 0 Å². The second kappa shape index (κ2) is 5.47. The van der Waals surface area contributed by atoms with E-state index in [-0.39, 0.29) is 11.8 Å². The van der Waals surface area contributed by atoms with E-state index in [0.717, 1.165) is 26.1 Å². The van der Waals surface area contributed by atoms with E-state index in [1.807, 2.05) is 11.8 Å². The first-order valence-corrected chi connectivity index (χ1v) is 5.79. The normalized spacial score (nSPS) is 25.3. The lowest BCUT2D eigenvalue weighted by atomic mass is 10.1. The SMILES string of the molecule is CCC1CN(C(=O)C(C)CN)CCN1C. The summed E-state index contributed by atoms with van der Waals surface area (Å²) in [6.45, 7) is 7.19. The van der Waals surface area contributed by atoms with Gasteiger partial charge in [-0.15, -0.1) is 0 Å². The van der Waals surface area contributed by atoms with Crippen molar-refractivity contribution in [1.82, 2.24) is 9.80 Å². The van der Waals surface area contributed by atoms with E-state index in [2.05, 4.69) is 18.9 Å². The zero-order valence-electron chi connectivity index (χ0n) is 10.1. The van der Waals surface area contributed by atoms with Crippen LogP contribution in [0.4, 0.5) is 0 Å². The maximum absolute atomic E-state index is 11.9. The first kappa shape index (κ1) is 12.5. The Hall–Kier alpha value is -0.610. The molecule has 1 heterocycles. The van der Waals surface area contributed by atoms with Crippen LogP contribution in [0, 0.1) is 5.92 Å². The lowest BCUT2D eigenvalue weighted by Gasteiger charge is -2.40. The van der Waals surface area contributed by atoms with Crippen molar-refractivity contribution in [1.29, 1.82) is 0 Å². The van der Waals surface area contributed by atoms with Gasteiger partial charge in [-0.05, 0) is 13.5 Å². The molecule has 0 aromatic heterocycles. The Morgan fingerprint density at radius 3 is 2.73 bits per heavy atom. The van der Waals surface area contributed by atoms with E-state index < -0.39 is 0 Å². The standard InChI is InChI=1S/C11H23N3O/c1-4-10-8-14(6-5-13(10)3)11(15)9(2)7-12/h9-10H,4-8,12H2,1-3H3. The summed E-state index contributed by atoms with van der Waals surface area (Å²) in [4.78, 5) is 16.2. The summed E-state index contributed by atoms with van der Waals surface area (Å²) in [7, 11) is 2.13. The van der Waals surface area contributed by atoms with Gasteiger partial charge in [-0.25, -0.2) is 0 Å². The van der Waals surface area contributed by atoms with Gasteiger partial charge in [0, 0.05) is 38.1 Å². The fourth-order valence-corrected chi connectivity index (χ4v) is 2.00. The van der Waals surface area contributed by atoms with Crippen LogP contribution in [0.15, 0.2) is 0 Å². The molecule has 0 spiro atoms. The summed E-state index contributed by atoms with van der Waals surface area (Å²) < 4.78 is 0.